The third-order valence-electron chi connectivity index (χ3n) is 5.77. The van der Waals surface area contributed by atoms with Gasteiger partial charge in [0, 0.05) is 51.4 Å². The van der Waals surface area contributed by atoms with E-state index in [1.54, 1.807) is 21.1 Å². The molecular weight excluding hydrogens is 386 g/mol. The molecule has 154 valence electrons. The lowest BCUT2D eigenvalue weighted by Gasteiger charge is -2.34. The number of aromatic nitrogens is 3. The van der Waals surface area contributed by atoms with Gasteiger partial charge in [0.1, 0.15) is 0 Å². The van der Waals surface area contributed by atoms with Gasteiger partial charge in [0.2, 0.25) is 10.0 Å². The zero-order valence-electron chi connectivity index (χ0n) is 17.4. The van der Waals surface area contributed by atoms with Gasteiger partial charge in [0.15, 0.2) is 5.65 Å². The first-order valence-corrected chi connectivity index (χ1v) is 11.3. The Balaban J connectivity index is 1.44. The van der Waals surface area contributed by atoms with Gasteiger partial charge in [-0.15, -0.1) is 0 Å². The quantitative estimate of drug-likeness (QED) is 0.657. The Morgan fingerprint density at radius 2 is 1.72 bits per heavy atom. The van der Waals surface area contributed by atoms with Crippen LogP contribution in [-0.2, 0) is 23.6 Å². The number of hydrogen-bond donors (Lipinski definition) is 0. The second-order valence-electron chi connectivity index (χ2n) is 7.85. The van der Waals surface area contributed by atoms with Crippen molar-refractivity contribution in [2.45, 2.75) is 32.2 Å². The summed E-state index contributed by atoms with van der Waals surface area (Å²) >= 11 is 0. The van der Waals surface area contributed by atoms with Crippen LogP contribution in [0.15, 0.2) is 35.4 Å². The van der Waals surface area contributed by atoms with Crippen molar-refractivity contribution in [1.82, 2.24) is 24.0 Å². The smallest absolute Gasteiger partial charge is 0.243 e. The first kappa shape index (κ1) is 20.0. The van der Waals surface area contributed by atoms with Crippen molar-refractivity contribution >= 4 is 21.1 Å². The SMILES string of the molecule is Cc1ccc(S(=O)(=O)N2CCN(Cc3cnc4c(c3)c(C)nn4C)CC2)cc1C. The van der Waals surface area contributed by atoms with Crippen molar-refractivity contribution < 1.29 is 8.42 Å². The van der Waals surface area contributed by atoms with E-state index < -0.39 is 10.0 Å². The van der Waals surface area contributed by atoms with Gasteiger partial charge in [-0.3, -0.25) is 9.58 Å². The standard InChI is InChI=1S/C21H27N5O2S/c1-15-5-6-19(11-16(15)2)29(27,28)26-9-7-25(8-10-26)14-18-12-20-17(3)23-24(4)21(20)22-13-18/h5-6,11-13H,7-10,14H2,1-4H3. The largest absolute Gasteiger partial charge is 0.296 e. The zero-order chi connectivity index (χ0) is 20.8. The molecular formula is C21H27N5O2S. The van der Waals surface area contributed by atoms with Gasteiger partial charge in [0.05, 0.1) is 10.6 Å². The number of rotatable bonds is 4. The fourth-order valence-electron chi connectivity index (χ4n) is 3.85. The fraction of sp³-hybridized carbons (Fsp3) is 0.429. The number of hydrogen-bond acceptors (Lipinski definition) is 5. The van der Waals surface area contributed by atoms with Crippen LogP contribution in [0.1, 0.15) is 22.4 Å². The summed E-state index contributed by atoms with van der Waals surface area (Å²) in [6.45, 7) is 9.08. The first-order chi connectivity index (χ1) is 13.8. The minimum Gasteiger partial charge on any atom is -0.296 e. The summed E-state index contributed by atoms with van der Waals surface area (Å²) in [5, 5.41) is 5.49. The van der Waals surface area contributed by atoms with Crippen LogP contribution in [0.25, 0.3) is 11.0 Å². The highest BCUT2D eigenvalue weighted by atomic mass is 32.2. The molecule has 1 aliphatic rings. The molecule has 8 heteroatoms. The molecule has 1 saturated heterocycles. The Morgan fingerprint density at radius 3 is 2.41 bits per heavy atom. The molecule has 1 fully saturated rings. The number of piperazine rings is 1. The third kappa shape index (κ3) is 3.80. The molecule has 0 saturated carbocycles. The number of nitrogens with zero attached hydrogens (tertiary/aromatic N) is 5. The summed E-state index contributed by atoms with van der Waals surface area (Å²) in [7, 11) is -1.55. The van der Waals surface area contributed by atoms with Gasteiger partial charge in [-0.05, 0) is 55.7 Å². The highest BCUT2D eigenvalue weighted by Crippen LogP contribution is 2.22. The summed E-state index contributed by atoms with van der Waals surface area (Å²) in [5.74, 6) is 0. The van der Waals surface area contributed by atoms with Crippen LogP contribution >= 0.6 is 0 Å². The van der Waals surface area contributed by atoms with Crippen molar-refractivity contribution in [3.8, 4) is 0 Å². The second kappa shape index (κ2) is 7.51. The topological polar surface area (TPSA) is 71.3 Å². The molecule has 0 aliphatic carbocycles. The lowest BCUT2D eigenvalue weighted by atomic mass is 10.1. The van der Waals surface area contributed by atoms with Crippen LogP contribution in [0.2, 0.25) is 0 Å². The molecule has 1 aliphatic heterocycles. The van der Waals surface area contributed by atoms with E-state index in [4.69, 9.17) is 0 Å². The minimum atomic E-state index is -3.45. The van der Waals surface area contributed by atoms with Gasteiger partial charge in [-0.2, -0.15) is 9.40 Å². The van der Waals surface area contributed by atoms with Crippen LogP contribution in [-0.4, -0.2) is 58.6 Å². The van der Waals surface area contributed by atoms with Gasteiger partial charge in [0.25, 0.3) is 0 Å². The van der Waals surface area contributed by atoms with Crippen molar-refractivity contribution in [2.75, 3.05) is 26.2 Å². The average molecular weight is 414 g/mol. The molecule has 3 aromatic rings. The molecule has 0 unspecified atom stereocenters. The average Bonchev–Trinajstić information content (AvgIpc) is 2.98. The predicted molar refractivity (Wildman–Crippen MR) is 113 cm³/mol. The minimum absolute atomic E-state index is 0.385. The highest BCUT2D eigenvalue weighted by Gasteiger charge is 2.28. The number of sulfonamides is 1. The molecule has 0 spiro atoms. The van der Waals surface area contributed by atoms with Gasteiger partial charge < -0.3 is 0 Å². The van der Waals surface area contributed by atoms with Crippen LogP contribution < -0.4 is 0 Å². The Hall–Kier alpha value is -2.29. The Kier molecular flexibility index (Phi) is 5.18. The van der Waals surface area contributed by atoms with E-state index >= 15 is 0 Å². The highest BCUT2D eigenvalue weighted by molar-refractivity contribution is 7.89. The zero-order valence-corrected chi connectivity index (χ0v) is 18.2. The Labute approximate surface area is 172 Å². The van der Waals surface area contributed by atoms with Crippen molar-refractivity contribution in [1.29, 1.82) is 0 Å². The monoisotopic (exact) mass is 413 g/mol. The Bertz CT molecular complexity index is 1160. The predicted octanol–water partition coefficient (Wildman–Crippen LogP) is 2.40. The summed E-state index contributed by atoms with van der Waals surface area (Å²) in [4.78, 5) is 7.21. The van der Waals surface area contributed by atoms with Crippen LogP contribution in [0.5, 0.6) is 0 Å². The summed E-state index contributed by atoms with van der Waals surface area (Å²) in [5.41, 5.74) is 5.08. The van der Waals surface area contributed by atoms with Crippen molar-refractivity contribution in [3.05, 3.63) is 52.8 Å². The number of aryl methyl sites for hydroxylation is 4. The van der Waals surface area contributed by atoms with E-state index in [-0.39, 0.29) is 0 Å². The maximum Gasteiger partial charge on any atom is 0.243 e. The molecule has 0 radical (unpaired) electrons. The summed E-state index contributed by atoms with van der Waals surface area (Å²) < 4.78 is 29.4. The summed E-state index contributed by atoms with van der Waals surface area (Å²) in [6, 6.07) is 7.50. The third-order valence-corrected chi connectivity index (χ3v) is 7.67. The molecule has 0 atom stereocenters. The van der Waals surface area contributed by atoms with Gasteiger partial charge >= 0.3 is 0 Å². The maximum absolute atomic E-state index is 13.0. The van der Waals surface area contributed by atoms with E-state index in [0.29, 0.717) is 31.1 Å². The van der Waals surface area contributed by atoms with Crippen LogP contribution in [0.4, 0.5) is 0 Å². The number of benzene rings is 1. The lowest BCUT2D eigenvalue weighted by molar-refractivity contribution is 0.181. The van der Waals surface area contributed by atoms with Gasteiger partial charge in [-0.1, -0.05) is 6.07 Å². The molecule has 4 rings (SSSR count). The summed E-state index contributed by atoms with van der Waals surface area (Å²) in [6.07, 6.45) is 1.89. The van der Waals surface area contributed by atoms with E-state index in [9.17, 15) is 8.42 Å². The molecule has 2 aromatic heterocycles. The molecule has 1 aromatic carbocycles. The number of pyridine rings is 1. The fourth-order valence-corrected chi connectivity index (χ4v) is 5.36. The molecule has 29 heavy (non-hydrogen) atoms. The Morgan fingerprint density at radius 1 is 1.00 bits per heavy atom. The van der Waals surface area contributed by atoms with Gasteiger partial charge in [-0.25, -0.2) is 13.4 Å². The molecule has 3 heterocycles. The van der Waals surface area contributed by atoms with Crippen molar-refractivity contribution in [3.63, 3.8) is 0 Å². The van der Waals surface area contributed by atoms with Crippen LogP contribution in [0.3, 0.4) is 0 Å². The van der Waals surface area contributed by atoms with Crippen molar-refractivity contribution in [2.24, 2.45) is 7.05 Å². The van der Waals surface area contributed by atoms with E-state index in [2.05, 4.69) is 21.0 Å². The second-order valence-corrected chi connectivity index (χ2v) is 9.79. The number of fused-ring (bicyclic) bond motifs is 1. The van der Waals surface area contributed by atoms with E-state index in [1.165, 1.54) is 0 Å². The first-order valence-electron chi connectivity index (χ1n) is 9.84. The molecule has 7 nitrogen and oxygen atoms in total. The molecule has 0 amide bonds. The van der Waals surface area contributed by atoms with E-state index in [1.807, 2.05) is 40.1 Å². The normalized spacial score (nSPS) is 16.6. The molecule has 0 N–H and O–H groups in total. The molecule has 0 bridgehead atoms. The van der Waals surface area contributed by atoms with Crippen LogP contribution in [0, 0.1) is 20.8 Å². The lowest BCUT2D eigenvalue weighted by Crippen LogP contribution is -2.48. The van der Waals surface area contributed by atoms with E-state index in [0.717, 1.165) is 40.0 Å². The maximum atomic E-state index is 13.0.